The van der Waals surface area contributed by atoms with Gasteiger partial charge < -0.3 is 10.6 Å². The fourth-order valence-electron chi connectivity index (χ4n) is 1.60. The third kappa shape index (κ3) is 3.88. The van der Waals surface area contributed by atoms with E-state index in [0.29, 0.717) is 12.5 Å². The number of hydrogen-bond acceptors (Lipinski definition) is 3. The van der Waals surface area contributed by atoms with E-state index >= 15 is 0 Å². The maximum absolute atomic E-state index is 5.61. The molecule has 3 heteroatoms. The van der Waals surface area contributed by atoms with Crippen molar-refractivity contribution in [2.75, 3.05) is 24.5 Å². The Labute approximate surface area is 92.3 Å². The molecular formula is C12H21N3. The fourth-order valence-corrected chi connectivity index (χ4v) is 1.60. The van der Waals surface area contributed by atoms with E-state index < -0.39 is 0 Å². The van der Waals surface area contributed by atoms with E-state index in [1.54, 1.807) is 0 Å². The summed E-state index contributed by atoms with van der Waals surface area (Å²) >= 11 is 0. The first-order valence-electron chi connectivity index (χ1n) is 5.52. The minimum absolute atomic E-state index is 0.624. The number of aromatic nitrogens is 1. The summed E-state index contributed by atoms with van der Waals surface area (Å²) < 4.78 is 0. The van der Waals surface area contributed by atoms with Crippen LogP contribution < -0.4 is 10.6 Å². The topological polar surface area (TPSA) is 42.1 Å². The predicted octanol–water partition coefficient (Wildman–Crippen LogP) is 1.81. The fraction of sp³-hybridized carbons (Fsp3) is 0.583. The summed E-state index contributed by atoms with van der Waals surface area (Å²) in [6.07, 6.45) is 0. The molecule has 0 saturated carbocycles. The van der Waals surface area contributed by atoms with Gasteiger partial charge in [0.05, 0.1) is 0 Å². The maximum Gasteiger partial charge on any atom is 0.128 e. The van der Waals surface area contributed by atoms with E-state index in [-0.39, 0.29) is 0 Å². The van der Waals surface area contributed by atoms with Gasteiger partial charge in [-0.2, -0.15) is 0 Å². The van der Waals surface area contributed by atoms with Crippen LogP contribution in [-0.4, -0.2) is 24.6 Å². The zero-order valence-electron chi connectivity index (χ0n) is 9.90. The quantitative estimate of drug-likeness (QED) is 0.800. The molecule has 1 aromatic heterocycles. The molecule has 0 aliphatic heterocycles. The van der Waals surface area contributed by atoms with Crippen LogP contribution in [0.3, 0.4) is 0 Å². The average Bonchev–Trinajstić information content (AvgIpc) is 2.16. The number of nitrogens with two attached hydrogens (primary N) is 1. The summed E-state index contributed by atoms with van der Waals surface area (Å²) in [6, 6.07) is 6.10. The second-order valence-electron chi connectivity index (χ2n) is 4.27. The van der Waals surface area contributed by atoms with Crippen molar-refractivity contribution in [1.82, 2.24) is 4.98 Å². The van der Waals surface area contributed by atoms with Crippen LogP contribution in [0.25, 0.3) is 0 Å². The first-order valence-corrected chi connectivity index (χ1v) is 5.52. The molecule has 0 aliphatic carbocycles. The van der Waals surface area contributed by atoms with Gasteiger partial charge in [-0.05, 0) is 25.0 Å². The Kier molecular flexibility index (Phi) is 4.56. The summed E-state index contributed by atoms with van der Waals surface area (Å²) in [4.78, 5) is 6.76. The van der Waals surface area contributed by atoms with Crippen LogP contribution in [0.5, 0.6) is 0 Å². The van der Waals surface area contributed by atoms with Gasteiger partial charge in [0.2, 0.25) is 0 Å². The molecule has 1 heterocycles. The Bertz CT molecular complexity index is 297. The molecule has 0 spiro atoms. The highest BCUT2D eigenvalue weighted by molar-refractivity contribution is 5.39. The average molecular weight is 207 g/mol. The van der Waals surface area contributed by atoms with Crippen molar-refractivity contribution in [3.63, 3.8) is 0 Å². The number of hydrogen-bond donors (Lipinski definition) is 1. The minimum Gasteiger partial charge on any atom is -0.355 e. The van der Waals surface area contributed by atoms with Crippen molar-refractivity contribution in [2.24, 2.45) is 11.7 Å². The van der Waals surface area contributed by atoms with Crippen LogP contribution in [0.4, 0.5) is 5.82 Å². The summed E-state index contributed by atoms with van der Waals surface area (Å²) in [5, 5.41) is 0. The van der Waals surface area contributed by atoms with E-state index in [0.717, 1.165) is 24.6 Å². The molecule has 0 fully saturated rings. The van der Waals surface area contributed by atoms with E-state index in [4.69, 9.17) is 5.73 Å². The molecule has 3 nitrogen and oxygen atoms in total. The molecule has 0 unspecified atom stereocenters. The lowest BCUT2D eigenvalue weighted by atomic mass is 10.2. The molecule has 0 amide bonds. The summed E-state index contributed by atoms with van der Waals surface area (Å²) in [5.41, 5.74) is 6.67. The van der Waals surface area contributed by atoms with Crippen LogP contribution in [-0.2, 0) is 0 Å². The van der Waals surface area contributed by atoms with Gasteiger partial charge in [0.25, 0.3) is 0 Å². The molecule has 0 saturated heterocycles. The summed E-state index contributed by atoms with van der Waals surface area (Å²) in [5.74, 6) is 1.66. The predicted molar refractivity (Wildman–Crippen MR) is 65.1 cm³/mol. The van der Waals surface area contributed by atoms with Gasteiger partial charge in [0, 0.05) is 25.3 Å². The van der Waals surface area contributed by atoms with Crippen LogP contribution in [0.1, 0.15) is 19.5 Å². The normalized spacial score (nSPS) is 10.7. The number of pyridine rings is 1. The minimum atomic E-state index is 0.624. The molecule has 0 aliphatic rings. The molecule has 2 N–H and O–H groups in total. The number of nitrogens with zero attached hydrogens (tertiary/aromatic N) is 2. The third-order valence-corrected chi connectivity index (χ3v) is 2.18. The number of rotatable bonds is 5. The van der Waals surface area contributed by atoms with Crippen molar-refractivity contribution >= 4 is 5.82 Å². The Morgan fingerprint density at radius 2 is 2.13 bits per heavy atom. The summed E-state index contributed by atoms with van der Waals surface area (Å²) in [7, 11) is 0. The zero-order valence-corrected chi connectivity index (χ0v) is 9.90. The van der Waals surface area contributed by atoms with Crippen LogP contribution in [0, 0.1) is 12.8 Å². The first-order chi connectivity index (χ1) is 7.13. The van der Waals surface area contributed by atoms with Crippen molar-refractivity contribution in [3.8, 4) is 0 Å². The molecule has 0 radical (unpaired) electrons. The van der Waals surface area contributed by atoms with Crippen LogP contribution >= 0.6 is 0 Å². The van der Waals surface area contributed by atoms with E-state index in [9.17, 15) is 0 Å². The second-order valence-corrected chi connectivity index (χ2v) is 4.27. The Morgan fingerprint density at radius 3 is 2.67 bits per heavy atom. The van der Waals surface area contributed by atoms with Gasteiger partial charge in [-0.1, -0.05) is 19.9 Å². The highest BCUT2D eigenvalue weighted by Gasteiger charge is 2.08. The maximum atomic E-state index is 5.61. The lowest BCUT2D eigenvalue weighted by Crippen LogP contribution is -2.33. The highest BCUT2D eigenvalue weighted by Crippen LogP contribution is 2.12. The molecule has 0 atom stereocenters. The Hall–Kier alpha value is -1.09. The van der Waals surface area contributed by atoms with Gasteiger partial charge in [0.15, 0.2) is 0 Å². The molecule has 0 bridgehead atoms. The molecular weight excluding hydrogens is 186 g/mol. The molecule has 1 aromatic rings. The van der Waals surface area contributed by atoms with Crippen molar-refractivity contribution < 1.29 is 0 Å². The van der Waals surface area contributed by atoms with Crippen molar-refractivity contribution in [3.05, 3.63) is 23.9 Å². The van der Waals surface area contributed by atoms with Crippen molar-refractivity contribution in [2.45, 2.75) is 20.8 Å². The van der Waals surface area contributed by atoms with E-state index in [2.05, 4.69) is 23.7 Å². The highest BCUT2D eigenvalue weighted by atomic mass is 15.2. The lowest BCUT2D eigenvalue weighted by molar-refractivity contribution is 0.607. The first kappa shape index (κ1) is 12.0. The molecule has 0 aromatic carbocycles. The molecule has 1 rings (SSSR count). The van der Waals surface area contributed by atoms with Gasteiger partial charge in [-0.15, -0.1) is 0 Å². The number of anilines is 1. The zero-order chi connectivity index (χ0) is 11.3. The van der Waals surface area contributed by atoms with Crippen LogP contribution in [0.15, 0.2) is 18.2 Å². The van der Waals surface area contributed by atoms with Gasteiger partial charge in [-0.3, -0.25) is 0 Å². The Balaban J connectivity index is 2.78. The molecule has 15 heavy (non-hydrogen) atoms. The summed E-state index contributed by atoms with van der Waals surface area (Å²) in [6.45, 7) is 8.97. The van der Waals surface area contributed by atoms with Gasteiger partial charge >= 0.3 is 0 Å². The Morgan fingerprint density at radius 1 is 1.40 bits per heavy atom. The third-order valence-electron chi connectivity index (χ3n) is 2.18. The van der Waals surface area contributed by atoms with E-state index in [1.807, 2.05) is 25.1 Å². The van der Waals surface area contributed by atoms with Gasteiger partial charge in [-0.25, -0.2) is 4.98 Å². The lowest BCUT2D eigenvalue weighted by Gasteiger charge is -2.25. The molecule has 84 valence electrons. The van der Waals surface area contributed by atoms with Crippen molar-refractivity contribution in [1.29, 1.82) is 0 Å². The second kappa shape index (κ2) is 5.71. The number of aryl methyl sites for hydroxylation is 1. The smallest absolute Gasteiger partial charge is 0.128 e. The van der Waals surface area contributed by atoms with Crippen LogP contribution in [0.2, 0.25) is 0 Å². The monoisotopic (exact) mass is 207 g/mol. The standard InChI is InChI=1S/C12H21N3/c1-10(2)9-15(8-7-13)12-6-4-5-11(3)14-12/h4-6,10H,7-9,13H2,1-3H3. The van der Waals surface area contributed by atoms with Gasteiger partial charge in [0.1, 0.15) is 5.82 Å². The van der Waals surface area contributed by atoms with E-state index in [1.165, 1.54) is 0 Å². The SMILES string of the molecule is Cc1cccc(N(CCN)CC(C)C)n1. The largest absolute Gasteiger partial charge is 0.355 e.